The number of carbonyl (C=O) groups excluding carboxylic acids is 1. The van der Waals surface area contributed by atoms with Gasteiger partial charge in [0.2, 0.25) is 5.91 Å². The maximum Gasteiger partial charge on any atom is 0.226 e. The zero-order valence-electron chi connectivity index (χ0n) is 16.9. The molecule has 1 aliphatic heterocycles. The number of aromatic amines is 1. The van der Waals surface area contributed by atoms with Crippen molar-refractivity contribution in [2.75, 3.05) is 31.6 Å². The summed E-state index contributed by atoms with van der Waals surface area (Å²) in [6.45, 7) is 10.1. The molecule has 2 aromatic rings. The van der Waals surface area contributed by atoms with Crippen molar-refractivity contribution < 1.29 is 9.53 Å². The number of likely N-dealkylation sites (tertiary alicyclic amines) is 1. The van der Waals surface area contributed by atoms with Crippen molar-refractivity contribution in [2.24, 2.45) is 0 Å². The fourth-order valence-electron chi connectivity index (χ4n) is 3.92. The number of ether oxygens (including phenoxy) is 1. The maximum atomic E-state index is 12.1. The monoisotopic (exact) mass is 371 g/mol. The van der Waals surface area contributed by atoms with Crippen LogP contribution in [0, 0.1) is 0 Å². The highest BCUT2D eigenvalue weighted by atomic mass is 16.5. The molecule has 148 valence electrons. The number of aromatic nitrogens is 1. The number of hydrogen-bond donors (Lipinski definition) is 2. The number of fused-ring (bicyclic) bond motifs is 1. The lowest BCUT2D eigenvalue weighted by molar-refractivity contribution is -0.117. The number of piperidine rings is 1. The quantitative estimate of drug-likeness (QED) is 0.671. The normalized spacial score (nSPS) is 16.3. The van der Waals surface area contributed by atoms with E-state index in [-0.39, 0.29) is 5.91 Å². The lowest BCUT2D eigenvalue weighted by Crippen LogP contribution is -2.37. The molecule has 3 rings (SSSR count). The van der Waals surface area contributed by atoms with Crippen LogP contribution >= 0.6 is 0 Å². The van der Waals surface area contributed by atoms with Crippen molar-refractivity contribution in [2.45, 2.75) is 58.4 Å². The SMILES string of the molecule is CCCOCCC(=O)Nc1ccc2[nH]cc(C3CCN(C(C)C)CC3)c2c1. The summed E-state index contributed by atoms with van der Waals surface area (Å²) < 4.78 is 5.40. The Kier molecular flexibility index (Phi) is 6.91. The highest BCUT2D eigenvalue weighted by molar-refractivity contribution is 5.94. The van der Waals surface area contributed by atoms with Gasteiger partial charge in [0.15, 0.2) is 0 Å². The van der Waals surface area contributed by atoms with Crippen molar-refractivity contribution >= 4 is 22.5 Å². The van der Waals surface area contributed by atoms with Crippen LogP contribution in [0.15, 0.2) is 24.4 Å². The predicted molar refractivity (Wildman–Crippen MR) is 111 cm³/mol. The average molecular weight is 372 g/mol. The molecule has 1 aliphatic rings. The van der Waals surface area contributed by atoms with Gasteiger partial charge in [-0.25, -0.2) is 0 Å². The van der Waals surface area contributed by atoms with E-state index in [9.17, 15) is 4.79 Å². The van der Waals surface area contributed by atoms with E-state index in [1.165, 1.54) is 23.8 Å². The Balaban J connectivity index is 1.65. The molecule has 1 saturated heterocycles. The number of rotatable bonds is 8. The Bertz CT molecular complexity index is 745. The second-order valence-electron chi connectivity index (χ2n) is 7.82. The van der Waals surface area contributed by atoms with E-state index in [1.54, 1.807) is 0 Å². The first-order valence-corrected chi connectivity index (χ1v) is 10.3. The Hall–Kier alpha value is -1.85. The van der Waals surface area contributed by atoms with Gasteiger partial charge in [-0.1, -0.05) is 6.92 Å². The van der Waals surface area contributed by atoms with E-state index in [2.05, 4.69) is 54.3 Å². The number of H-pyrrole nitrogens is 1. The molecule has 0 bridgehead atoms. The zero-order valence-corrected chi connectivity index (χ0v) is 16.9. The van der Waals surface area contributed by atoms with Crippen LogP contribution in [0.5, 0.6) is 0 Å². The summed E-state index contributed by atoms with van der Waals surface area (Å²) >= 11 is 0. The zero-order chi connectivity index (χ0) is 19.2. The minimum Gasteiger partial charge on any atom is -0.381 e. The predicted octanol–water partition coefficient (Wildman–Crippen LogP) is 4.51. The molecule has 2 N–H and O–H groups in total. The molecule has 0 aliphatic carbocycles. The lowest BCUT2D eigenvalue weighted by Gasteiger charge is -2.34. The van der Waals surface area contributed by atoms with E-state index < -0.39 is 0 Å². The molecule has 5 heteroatoms. The molecule has 1 amide bonds. The van der Waals surface area contributed by atoms with Gasteiger partial charge in [-0.05, 0) is 75.9 Å². The van der Waals surface area contributed by atoms with Crippen molar-refractivity contribution in [3.63, 3.8) is 0 Å². The van der Waals surface area contributed by atoms with Crippen molar-refractivity contribution in [3.05, 3.63) is 30.0 Å². The third-order valence-electron chi connectivity index (χ3n) is 5.52. The Labute approximate surface area is 162 Å². The van der Waals surface area contributed by atoms with Gasteiger partial charge in [-0.15, -0.1) is 0 Å². The Morgan fingerprint density at radius 2 is 2.07 bits per heavy atom. The molecule has 5 nitrogen and oxygen atoms in total. The molecule has 1 fully saturated rings. The first-order valence-electron chi connectivity index (χ1n) is 10.3. The Morgan fingerprint density at radius 3 is 2.78 bits per heavy atom. The van der Waals surface area contributed by atoms with E-state index in [0.717, 1.165) is 30.7 Å². The van der Waals surface area contributed by atoms with Gasteiger partial charge < -0.3 is 19.9 Å². The largest absolute Gasteiger partial charge is 0.381 e. The summed E-state index contributed by atoms with van der Waals surface area (Å²) in [6.07, 6.45) is 5.91. The molecule has 0 radical (unpaired) electrons. The first kappa shape index (κ1) is 19.9. The second kappa shape index (κ2) is 9.38. The van der Waals surface area contributed by atoms with E-state index in [1.807, 2.05) is 6.07 Å². The summed E-state index contributed by atoms with van der Waals surface area (Å²) in [5.41, 5.74) is 3.39. The molecule has 0 saturated carbocycles. The fourth-order valence-corrected chi connectivity index (χ4v) is 3.92. The van der Waals surface area contributed by atoms with Gasteiger partial charge in [-0.3, -0.25) is 4.79 Å². The molecule has 0 unspecified atom stereocenters. The van der Waals surface area contributed by atoms with Crippen molar-refractivity contribution in [1.82, 2.24) is 9.88 Å². The van der Waals surface area contributed by atoms with Gasteiger partial charge in [0.05, 0.1) is 13.0 Å². The summed E-state index contributed by atoms with van der Waals surface area (Å²) in [5, 5.41) is 4.25. The third kappa shape index (κ3) is 5.11. The van der Waals surface area contributed by atoms with Crippen LogP contribution in [-0.2, 0) is 9.53 Å². The number of nitrogens with zero attached hydrogens (tertiary/aromatic N) is 1. The van der Waals surface area contributed by atoms with Gasteiger partial charge in [0.1, 0.15) is 0 Å². The molecule has 0 atom stereocenters. The minimum atomic E-state index is 0.00720. The number of carbonyl (C=O) groups is 1. The summed E-state index contributed by atoms with van der Waals surface area (Å²) in [4.78, 5) is 18.1. The average Bonchev–Trinajstić information content (AvgIpc) is 3.08. The number of amides is 1. The van der Waals surface area contributed by atoms with E-state index >= 15 is 0 Å². The van der Waals surface area contributed by atoms with Crippen LogP contribution in [0.3, 0.4) is 0 Å². The standard InChI is InChI=1S/C22H33N3O2/c1-4-12-27-13-9-22(26)24-18-5-6-21-19(14-18)20(15-23-21)17-7-10-25(11-8-17)16(2)3/h5-6,14-17,23H,4,7-13H2,1-3H3,(H,24,26). The van der Waals surface area contributed by atoms with Crippen molar-refractivity contribution in [1.29, 1.82) is 0 Å². The summed E-state index contributed by atoms with van der Waals surface area (Å²) in [5.74, 6) is 0.593. The highest BCUT2D eigenvalue weighted by Gasteiger charge is 2.24. The second-order valence-corrected chi connectivity index (χ2v) is 7.82. The van der Waals surface area contributed by atoms with Crippen LogP contribution in [-0.4, -0.2) is 48.1 Å². The number of hydrogen-bond acceptors (Lipinski definition) is 3. The molecule has 1 aromatic carbocycles. The third-order valence-corrected chi connectivity index (χ3v) is 5.52. The summed E-state index contributed by atoms with van der Waals surface area (Å²) in [6, 6.07) is 6.76. The van der Waals surface area contributed by atoms with Crippen LogP contribution in [0.4, 0.5) is 5.69 Å². The van der Waals surface area contributed by atoms with Gasteiger partial charge in [-0.2, -0.15) is 0 Å². The molecular formula is C22H33N3O2. The molecule has 0 spiro atoms. The molecular weight excluding hydrogens is 338 g/mol. The minimum absolute atomic E-state index is 0.00720. The number of anilines is 1. The molecule has 2 heterocycles. The van der Waals surface area contributed by atoms with Gasteiger partial charge >= 0.3 is 0 Å². The smallest absolute Gasteiger partial charge is 0.226 e. The fraction of sp³-hybridized carbons (Fsp3) is 0.591. The topological polar surface area (TPSA) is 57.4 Å². The lowest BCUT2D eigenvalue weighted by atomic mass is 9.88. The Morgan fingerprint density at radius 1 is 1.30 bits per heavy atom. The maximum absolute atomic E-state index is 12.1. The van der Waals surface area contributed by atoms with E-state index in [4.69, 9.17) is 4.74 Å². The molecule has 1 aromatic heterocycles. The van der Waals surface area contributed by atoms with Crippen LogP contribution in [0.25, 0.3) is 10.9 Å². The van der Waals surface area contributed by atoms with Crippen LogP contribution in [0.1, 0.15) is 57.9 Å². The number of nitrogens with one attached hydrogen (secondary N) is 2. The highest BCUT2D eigenvalue weighted by Crippen LogP contribution is 2.34. The summed E-state index contributed by atoms with van der Waals surface area (Å²) in [7, 11) is 0. The van der Waals surface area contributed by atoms with Gasteiger partial charge in [0, 0.05) is 35.4 Å². The van der Waals surface area contributed by atoms with Gasteiger partial charge in [0.25, 0.3) is 0 Å². The van der Waals surface area contributed by atoms with Crippen LogP contribution < -0.4 is 5.32 Å². The van der Waals surface area contributed by atoms with E-state index in [0.29, 0.717) is 31.6 Å². The molecule has 27 heavy (non-hydrogen) atoms. The first-order chi connectivity index (χ1) is 13.1. The van der Waals surface area contributed by atoms with Crippen molar-refractivity contribution in [3.8, 4) is 0 Å². The number of benzene rings is 1. The van der Waals surface area contributed by atoms with Crippen LogP contribution in [0.2, 0.25) is 0 Å².